The molecule has 2 aromatic heterocycles. The van der Waals surface area contributed by atoms with E-state index in [1.807, 2.05) is 6.92 Å². The minimum atomic E-state index is -1.24. The maximum atomic E-state index is 12.0. The fraction of sp³-hybridized carbons (Fsp3) is 0.308. The van der Waals surface area contributed by atoms with Gasteiger partial charge in [-0.2, -0.15) is 0 Å². The van der Waals surface area contributed by atoms with Crippen molar-refractivity contribution < 1.29 is 14.6 Å². The second-order valence-electron chi connectivity index (χ2n) is 4.19. The molecule has 2 heterocycles. The number of carbonyl (C=O) groups is 1. The van der Waals surface area contributed by atoms with Crippen molar-refractivity contribution in [1.29, 1.82) is 0 Å². The Hall–Kier alpha value is -2.21. The number of nitrogens with zero attached hydrogens (tertiary/aromatic N) is 2. The molecule has 0 bridgehead atoms. The summed E-state index contributed by atoms with van der Waals surface area (Å²) in [5, 5.41) is 9.37. The van der Waals surface area contributed by atoms with Crippen LogP contribution in [0, 0.1) is 6.92 Å². The van der Waals surface area contributed by atoms with Crippen LogP contribution in [-0.4, -0.2) is 34.3 Å². The third kappa shape index (κ3) is 2.48. The third-order valence-electron chi connectivity index (χ3n) is 2.83. The van der Waals surface area contributed by atoms with Crippen LogP contribution < -0.4 is 5.43 Å². The summed E-state index contributed by atoms with van der Waals surface area (Å²) in [4.78, 5) is 27.4. The van der Waals surface area contributed by atoms with Crippen LogP contribution in [0.5, 0.6) is 0 Å². The molecule has 0 aliphatic rings. The van der Waals surface area contributed by atoms with E-state index < -0.39 is 11.4 Å². The molecule has 0 unspecified atom stereocenters. The maximum Gasteiger partial charge on any atom is 0.341 e. The van der Waals surface area contributed by atoms with E-state index in [4.69, 9.17) is 9.84 Å². The van der Waals surface area contributed by atoms with Gasteiger partial charge in [-0.1, -0.05) is 0 Å². The lowest BCUT2D eigenvalue weighted by atomic mass is 10.2. The molecule has 0 aromatic carbocycles. The van der Waals surface area contributed by atoms with Crippen LogP contribution in [0.1, 0.15) is 16.1 Å². The number of aromatic nitrogens is 2. The summed E-state index contributed by atoms with van der Waals surface area (Å²) in [5.74, 6) is -1.24. The zero-order valence-corrected chi connectivity index (χ0v) is 10.7. The fourth-order valence-corrected chi connectivity index (χ4v) is 1.87. The molecule has 2 aromatic rings. The number of carboxylic acids is 1. The summed E-state index contributed by atoms with van der Waals surface area (Å²) in [7, 11) is 1.56. The van der Waals surface area contributed by atoms with Crippen LogP contribution in [0.4, 0.5) is 0 Å². The number of fused-ring (bicyclic) bond motifs is 1. The van der Waals surface area contributed by atoms with Crippen molar-refractivity contribution in [1.82, 2.24) is 9.55 Å². The van der Waals surface area contributed by atoms with E-state index in [2.05, 4.69) is 4.98 Å². The topological polar surface area (TPSA) is 81.4 Å². The molecule has 2 rings (SSSR count). The fourth-order valence-electron chi connectivity index (χ4n) is 1.87. The number of pyridine rings is 2. The van der Waals surface area contributed by atoms with Gasteiger partial charge in [0.25, 0.3) is 0 Å². The highest BCUT2D eigenvalue weighted by Crippen LogP contribution is 2.11. The molecule has 0 spiro atoms. The largest absolute Gasteiger partial charge is 0.477 e. The van der Waals surface area contributed by atoms with Crippen LogP contribution >= 0.6 is 0 Å². The van der Waals surface area contributed by atoms with Crippen molar-refractivity contribution in [2.24, 2.45) is 0 Å². The SMILES string of the molecule is COCCn1cc(C(=O)O)c(=O)c2ccc(C)nc21. The second-order valence-corrected chi connectivity index (χ2v) is 4.19. The molecule has 19 heavy (non-hydrogen) atoms. The molecule has 6 heteroatoms. The van der Waals surface area contributed by atoms with E-state index >= 15 is 0 Å². The Morgan fingerprint density at radius 3 is 2.84 bits per heavy atom. The maximum absolute atomic E-state index is 12.0. The van der Waals surface area contributed by atoms with Gasteiger partial charge in [-0.05, 0) is 19.1 Å². The van der Waals surface area contributed by atoms with E-state index in [1.54, 1.807) is 23.8 Å². The van der Waals surface area contributed by atoms with E-state index in [0.29, 0.717) is 24.2 Å². The van der Waals surface area contributed by atoms with Gasteiger partial charge in [-0.25, -0.2) is 9.78 Å². The van der Waals surface area contributed by atoms with Crippen molar-refractivity contribution in [3.05, 3.63) is 39.8 Å². The average molecular weight is 262 g/mol. The van der Waals surface area contributed by atoms with E-state index in [1.165, 1.54) is 6.20 Å². The standard InChI is InChI=1S/C13H14N2O4/c1-8-3-4-9-11(16)10(13(17)18)7-15(5-6-19-2)12(9)14-8/h3-4,7H,5-6H2,1-2H3,(H,17,18). The summed E-state index contributed by atoms with van der Waals surface area (Å²) < 4.78 is 6.62. The summed E-state index contributed by atoms with van der Waals surface area (Å²) in [5.41, 5.74) is 0.478. The smallest absolute Gasteiger partial charge is 0.341 e. The van der Waals surface area contributed by atoms with Gasteiger partial charge in [0, 0.05) is 25.5 Å². The zero-order chi connectivity index (χ0) is 14.0. The van der Waals surface area contributed by atoms with Crippen molar-refractivity contribution >= 4 is 17.0 Å². The minimum Gasteiger partial charge on any atom is -0.477 e. The molecule has 0 saturated heterocycles. The first-order valence-corrected chi connectivity index (χ1v) is 5.77. The summed E-state index contributed by atoms with van der Waals surface area (Å²) in [6, 6.07) is 3.30. The van der Waals surface area contributed by atoms with Gasteiger partial charge in [0.1, 0.15) is 11.2 Å². The monoisotopic (exact) mass is 262 g/mol. The summed E-state index contributed by atoms with van der Waals surface area (Å²) >= 11 is 0. The highest BCUT2D eigenvalue weighted by Gasteiger charge is 2.15. The average Bonchev–Trinajstić information content (AvgIpc) is 2.37. The van der Waals surface area contributed by atoms with Crippen molar-refractivity contribution in [3.63, 3.8) is 0 Å². The highest BCUT2D eigenvalue weighted by atomic mass is 16.5. The van der Waals surface area contributed by atoms with Crippen molar-refractivity contribution in [2.45, 2.75) is 13.5 Å². The Bertz CT molecular complexity index is 691. The van der Waals surface area contributed by atoms with Crippen LogP contribution in [0.3, 0.4) is 0 Å². The number of ether oxygens (including phenoxy) is 1. The molecule has 6 nitrogen and oxygen atoms in total. The third-order valence-corrected chi connectivity index (χ3v) is 2.83. The minimum absolute atomic E-state index is 0.255. The molecule has 0 amide bonds. The van der Waals surface area contributed by atoms with Gasteiger partial charge in [0.05, 0.1) is 12.0 Å². The Kier molecular flexibility index (Phi) is 3.62. The zero-order valence-electron chi connectivity index (χ0n) is 10.7. The number of aryl methyl sites for hydroxylation is 1. The Morgan fingerprint density at radius 2 is 2.21 bits per heavy atom. The first-order valence-electron chi connectivity index (χ1n) is 5.77. The van der Waals surface area contributed by atoms with Crippen LogP contribution in [0.2, 0.25) is 0 Å². The Balaban J connectivity index is 2.76. The van der Waals surface area contributed by atoms with Gasteiger partial charge >= 0.3 is 5.97 Å². The van der Waals surface area contributed by atoms with E-state index in [9.17, 15) is 9.59 Å². The molecular formula is C13H14N2O4. The van der Waals surface area contributed by atoms with Gasteiger partial charge < -0.3 is 14.4 Å². The predicted molar refractivity (Wildman–Crippen MR) is 69.6 cm³/mol. The van der Waals surface area contributed by atoms with Gasteiger partial charge in [-0.15, -0.1) is 0 Å². The van der Waals surface area contributed by atoms with Crippen LogP contribution in [-0.2, 0) is 11.3 Å². The molecular weight excluding hydrogens is 248 g/mol. The molecule has 0 aliphatic heterocycles. The lowest BCUT2D eigenvalue weighted by molar-refractivity contribution is 0.0694. The summed E-state index contributed by atoms with van der Waals surface area (Å²) in [6.45, 7) is 2.66. The van der Waals surface area contributed by atoms with Crippen LogP contribution in [0.15, 0.2) is 23.1 Å². The van der Waals surface area contributed by atoms with Gasteiger partial charge in [0.2, 0.25) is 5.43 Å². The van der Waals surface area contributed by atoms with Crippen molar-refractivity contribution in [2.75, 3.05) is 13.7 Å². The predicted octanol–water partition coefficient (Wildman–Crippen LogP) is 1.05. The number of hydrogen-bond acceptors (Lipinski definition) is 4. The molecule has 0 radical (unpaired) electrons. The molecule has 0 fully saturated rings. The quantitative estimate of drug-likeness (QED) is 0.890. The van der Waals surface area contributed by atoms with Crippen molar-refractivity contribution in [3.8, 4) is 0 Å². The molecule has 100 valence electrons. The number of methoxy groups -OCH3 is 1. The lowest BCUT2D eigenvalue weighted by Gasteiger charge is -2.11. The first kappa shape index (κ1) is 13.2. The Labute approximate surface area is 109 Å². The number of rotatable bonds is 4. The van der Waals surface area contributed by atoms with E-state index in [0.717, 1.165) is 5.69 Å². The van der Waals surface area contributed by atoms with E-state index in [-0.39, 0.29) is 5.56 Å². The van der Waals surface area contributed by atoms with Gasteiger partial charge in [0.15, 0.2) is 0 Å². The molecule has 0 saturated carbocycles. The van der Waals surface area contributed by atoms with Gasteiger partial charge in [-0.3, -0.25) is 4.79 Å². The number of hydrogen-bond donors (Lipinski definition) is 1. The van der Waals surface area contributed by atoms with Crippen LogP contribution in [0.25, 0.3) is 11.0 Å². The molecule has 1 N–H and O–H groups in total. The molecule has 0 atom stereocenters. The normalized spacial score (nSPS) is 10.8. The Morgan fingerprint density at radius 1 is 1.47 bits per heavy atom. The number of aromatic carboxylic acids is 1. The summed E-state index contributed by atoms with van der Waals surface area (Å²) in [6.07, 6.45) is 1.32. The number of carboxylic acid groups (broad SMARTS) is 1. The first-order chi connectivity index (χ1) is 9.04. The highest BCUT2D eigenvalue weighted by molar-refractivity contribution is 5.91. The second kappa shape index (κ2) is 5.19. The lowest BCUT2D eigenvalue weighted by Crippen LogP contribution is -2.20. The molecule has 0 aliphatic carbocycles.